The normalized spacial score (nSPS) is 12.4. The quantitative estimate of drug-likeness (QED) is 0.599. The molecule has 8 heteroatoms. The van der Waals surface area contributed by atoms with Crippen molar-refractivity contribution in [3.8, 4) is 5.69 Å². The molecule has 23 heavy (non-hydrogen) atoms. The molecule has 0 bridgehead atoms. The zero-order valence-electron chi connectivity index (χ0n) is 12.4. The molecule has 3 heterocycles. The minimum Gasteiger partial charge on any atom is -0.360 e. The first kappa shape index (κ1) is 13.4. The molecular formula is C15H14N8. The lowest BCUT2D eigenvalue weighted by atomic mass is 10.3. The van der Waals surface area contributed by atoms with Gasteiger partial charge in [-0.3, -0.25) is 5.10 Å². The fraction of sp³-hybridized carbons (Fsp3) is 0.133. The van der Waals surface area contributed by atoms with Gasteiger partial charge in [0, 0.05) is 0 Å². The van der Waals surface area contributed by atoms with Crippen LogP contribution in [0, 0.1) is 0 Å². The number of benzene rings is 1. The van der Waals surface area contributed by atoms with Gasteiger partial charge in [-0.05, 0) is 19.1 Å². The Morgan fingerprint density at radius 3 is 2.74 bits per heavy atom. The average Bonchev–Trinajstić information content (AvgIpc) is 3.26. The Morgan fingerprint density at radius 1 is 1.09 bits per heavy atom. The Bertz CT molecular complexity index is 913. The Balaban J connectivity index is 1.73. The lowest BCUT2D eigenvalue weighted by Crippen LogP contribution is -2.10. The van der Waals surface area contributed by atoms with Crippen molar-refractivity contribution in [1.82, 2.24) is 34.9 Å². The van der Waals surface area contributed by atoms with Crippen LogP contribution in [-0.4, -0.2) is 34.9 Å². The number of hydrogen-bond donors (Lipinski definition) is 2. The highest BCUT2D eigenvalue weighted by Gasteiger charge is 2.14. The standard InChI is InChI=1S/C15H14N8/c1-10(13-17-9-19-22-13)21-14-12-7-20-23(15(12)18-8-16-14)11-5-3-2-4-6-11/h2-10H,1H3,(H,16,18,21)(H,17,19,22). The third-order valence-corrected chi connectivity index (χ3v) is 3.56. The molecule has 0 saturated heterocycles. The SMILES string of the molecule is CC(Nc1ncnc2c1cnn2-c1ccccc1)c1ncn[nH]1. The molecule has 2 N–H and O–H groups in total. The molecule has 1 aromatic carbocycles. The number of nitrogens with zero attached hydrogens (tertiary/aromatic N) is 6. The second kappa shape index (κ2) is 5.48. The second-order valence-electron chi connectivity index (χ2n) is 5.09. The molecule has 1 unspecified atom stereocenters. The third-order valence-electron chi connectivity index (χ3n) is 3.56. The summed E-state index contributed by atoms with van der Waals surface area (Å²) >= 11 is 0. The number of hydrogen-bond acceptors (Lipinski definition) is 6. The summed E-state index contributed by atoms with van der Waals surface area (Å²) in [6.45, 7) is 1.98. The largest absolute Gasteiger partial charge is 0.360 e. The van der Waals surface area contributed by atoms with Gasteiger partial charge in [0.1, 0.15) is 24.3 Å². The predicted octanol–water partition coefficient (Wildman–Crippen LogP) is 2.11. The minimum atomic E-state index is -0.0596. The van der Waals surface area contributed by atoms with E-state index in [4.69, 9.17) is 0 Å². The van der Waals surface area contributed by atoms with Crippen LogP contribution < -0.4 is 5.32 Å². The number of rotatable bonds is 4. The topological polar surface area (TPSA) is 97.2 Å². The van der Waals surface area contributed by atoms with Crippen LogP contribution >= 0.6 is 0 Å². The van der Waals surface area contributed by atoms with Crippen molar-refractivity contribution in [2.24, 2.45) is 0 Å². The summed E-state index contributed by atoms with van der Waals surface area (Å²) in [7, 11) is 0. The number of aromatic amines is 1. The van der Waals surface area contributed by atoms with Gasteiger partial charge >= 0.3 is 0 Å². The monoisotopic (exact) mass is 306 g/mol. The van der Waals surface area contributed by atoms with Crippen LogP contribution in [0.25, 0.3) is 16.7 Å². The maximum Gasteiger partial charge on any atom is 0.168 e. The molecule has 0 aliphatic carbocycles. The summed E-state index contributed by atoms with van der Waals surface area (Å²) in [4.78, 5) is 12.8. The summed E-state index contributed by atoms with van der Waals surface area (Å²) in [5.41, 5.74) is 1.70. The highest BCUT2D eigenvalue weighted by atomic mass is 15.3. The van der Waals surface area contributed by atoms with E-state index in [0.29, 0.717) is 5.82 Å². The zero-order valence-corrected chi connectivity index (χ0v) is 12.4. The van der Waals surface area contributed by atoms with Crippen molar-refractivity contribution in [3.05, 3.63) is 55.0 Å². The van der Waals surface area contributed by atoms with Gasteiger partial charge in [-0.25, -0.2) is 19.6 Å². The molecule has 0 radical (unpaired) electrons. The number of H-pyrrole nitrogens is 1. The Morgan fingerprint density at radius 2 is 1.96 bits per heavy atom. The maximum absolute atomic E-state index is 4.43. The van der Waals surface area contributed by atoms with Crippen molar-refractivity contribution < 1.29 is 0 Å². The summed E-state index contributed by atoms with van der Waals surface area (Å²) in [6, 6.07) is 9.81. The van der Waals surface area contributed by atoms with Crippen LogP contribution in [0.4, 0.5) is 5.82 Å². The van der Waals surface area contributed by atoms with E-state index in [-0.39, 0.29) is 6.04 Å². The number of aromatic nitrogens is 7. The Labute approximate surface area is 131 Å². The van der Waals surface area contributed by atoms with Gasteiger partial charge in [0.2, 0.25) is 0 Å². The number of para-hydroxylation sites is 1. The van der Waals surface area contributed by atoms with E-state index in [9.17, 15) is 0 Å². The van der Waals surface area contributed by atoms with Gasteiger partial charge in [-0.15, -0.1) is 0 Å². The zero-order chi connectivity index (χ0) is 15.6. The molecule has 4 aromatic rings. The molecule has 0 saturated carbocycles. The summed E-state index contributed by atoms with van der Waals surface area (Å²) in [5, 5.41) is 15.3. The minimum absolute atomic E-state index is 0.0596. The number of fused-ring (bicyclic) bond motifs is 1. The smallest absolute Gasteiger partial charge is 0.168 e. The van der Waals surface area contributed by atoms with E-state index in [0.717, 1.165) is 22.5 Å². The molecule has 0 aliphatic heterocycles. The molecule has 4 rings (SSSR count). The van der Waals surface area contributed by atoms with Crippen molar-refractivity contribution in [3.63, 3.8) is 0 Å². The van der Waals surface area contributed by atoms with Crippen molar-refractivity contribution in [2.45, 2.75) is 13.0 Å². The van der Waals surface area contributed by atoms with E-state index in [1.807, 2.05) is 37.3 Å². The second-order valence-corrected chi connectivity index (χ2v) is 5.09. The summed E-state index contributed by atoms with van der Waals surface area (Å²) in [6.07, 6.45) is 4.77. The van der Waals surface area contributed by atoms with Crippen LogP contribution in [0.15, 0.2) is 49.2 Å². The lowest BCUT2D eigenvalue weighted by molar-refractivity contribution is 0.791. The first-order valence-electron chi connectivity index (χ1n) is 7.19. The Hall–Kier alpha value is -3.29. The van der Waals surface area contributed by atoms with Crippen LogP contribution in [0.2, 0.25) is 0 Å². The van der Waals surface area contributed by atoms with Gasteiger partial charge in [0.25, 0.3) is 0 Å². The molecule has 0 aliphatic rings. The lowest BCUT2D eigenvalue weighted by Gasteiger charge is -2.12. The van der Waals surface area contributed by atoms with Gasteiger partial charge < -0.3 is 5.32 Å². The summed E-state index contributed by atoms with van der Waals surface area (Å²) < 4.78 is 1.79. The van der Waals surface area contributed by atoms with Gasteiger partial charge in [-0.2, -0.15) is 10.2 Å². The van der Waals surface area contributed by atoms with Crippen LogP contribution in [0.3, 0.4) is 0 Å². The molecule has 8 nitrogen and oxygen atoms in total. The Kier molecular flexibility index (Phi) is 3.19. The molecule has 0 fully saturated rings. The fourth-order valence-corrected chi connectivity index (χ4v) is 2.41. The molecule has 1 atom stereocenters. The van der Waals surface area contributed by atoms with Crippen LogP contribution in [-0.2, 0) is 0 Å². The molecule has 114 valence electrons. The first-order chi connectivity index (χ1) is 11.3. The fourth-order valence-electron chi connectivity index (χ4n) is 2.41. The van der Waals surface area contributed by atoms with Gasteiger partial charge in [0.05, 0.1) is 23.3 Å². The van der Waals surface area contributed by atoms with Crippen LogP contribution in [0.1, 0.15) is 18.8 Å². The van der Waals surface area contributed by atoms with Crippen molar-refractivity contribution in [1.29, 1.82) is 0 Å². The van der Waals surface area contributed by atoms with E-state index in [1.165, 1.54) is 12.7 Å². The third kappa shape index (κ3) is 2.39. The first-order valence-corrected chi connectivity index (χ1v) is 7.19. The number of nitrogens with one attached hydrogen (secondary N) is 2. The maximum atomic E-state index is 4.43. The molecular weight excluding hydrogens is 292 g/mol. The molecule has 3 aromatic heterocycles. The average molecular weight is 306 g/mol. The predicted molar refractivity (Wildman–Crippen MR) is 85.1 cm³/mol. The van der Waals surface area contributed by atoms with E-state index in [1.54, 1.807) is 10.9 Å². The van der Waals surface area contributed by atoms with E-state index < -0.39 is 0 Å². The van der Waals surface area contributed by atoms with Crippen molar-refractivity contribution in [2.75, 3.05) is 5.32 Å². The molecule has 0 spiro atoms. The number of anilines is 1. The van der Waals surface area contributed by atoms with Gasteiger partial charge in [-0.1, -0.05) is 18.2 Å². The van der Waals surface area contributed by atoms with Crippen LogP contribution in [0.5, 0.6) is 0 Å². The van der Waals surface area contributed by atoms with E-state index in [2.05, 4.69) is 35.6 Å². The molecule has 0 amide bonds. The van der Waals surface area contributed by atoms with E-state index >= 15 is 0 Å². The highest BCUT2D eigenvalue weighted by Crippen LogP contribution is 2.24. The van der Waals surface area contributed by atoms with Crippen molar-refractivity contribution >= 4 is 16.9 Å². The summed E-state index contributed by atoms with van der Waals surface area (Å²) in [5.74, 6) is 1.45. The highest BCUT2D eigenvalue weighted by molar-refractivity contribution is 5.87. The van der Waals surface area contributed by atoms with Gasteiger partial charge in [0.15, 0.2) is 5.65 Å².